The van der Waals surface area contributed by atoms with Gasteiger partial charge < -0.3 is 4.90 Å². The quantitative estimate of drug-likeness (QED) is 0.798. The topological polar surface area (TPSA) is 38.1 Å². The van der Waals surface area contributed by atoms with Gasteiger partial charge in [-0.15, -0.1) is 11.8 Å². The first-order valence-corrected chi connectivity index (χ1v) is 8.25. The monoisotopic (exact) mass is 313 g/mol. The van der Waals surface area contributed by atoms with Crippen molar-refractivity contribution in [3.05, 3.63) is 48.3 Å². The Morgan fingerprint density at radius 1 is 1.41 bits per heavy atom. The number of para-hydroxylation sites is 1. The fraction of sp³-hybridized carbons (Fsp3) is 0.294. The summed E-state index contributed by atoms with van der Waals surface area (Å²) in [5, 5.41) is 4.62. The molecular formula is C17H19N3OS. The van der Waals surface area contributed by atoms with Crippen LogP contribution in [0.15, 0.2) is 47.6 Å². The SMILES string of the molecule is CC1CCN(C(=O)C=Cc2cnn(C)c2)c2ccccc2S1. The summed E-state index contributed by atoms with van der Waals surface area (Å²) in [4.78, 5) is 15.7. The highest BCUT2D eigenvalue weighted by atomic mass is 32.2. The van der Waals surface area contributed by atoms with Crippen LogP contribution >= 0.6 is 11.8 Å². The van der Waals surface area contributed by atoms with Crippen molar-refractivity contribution in [3.63, 3.8) is 0 Å². The third-order valence-electron chi connectivity index (χ3n) is 3.65. The minimum absolute atomic E-state index is 0.0194. The van der Waals surface area contributed by atoms with Gasteiger partial charge in [0.2, 0.25) is 0 Å². The molecule has 0 saturated carbocycles. The smallest absolute Gasteiger partial charge is 0.251 e. The van der Waals surface area contributed by atoms with Crippen LogP contribution in [-0.2, 0) is 11.8 Å². The van der Waals surface area contributed by atoms with Gasteiger partial charge >= 0.3 is 0 Å². The second-order valence-electron chi connectivity index (χ2n) is 5.46. The van der Waals surface area contributed by atoms with Gasteiger partial charge in [0, 0.05) is 41.6 Å². The molecule has 2 aromatic rings. The molecule has 22 heavy (non-hydrogen) atoms. The van der Waals surface area contributed by atoms with E-state index in [1.165, 1.54) is 4.90 Å². The number of carbonyl (C=O) groups excluding carboxylic acids is 1. The van der Waals surface area contributed by atoms with E-state index in [0.717, 1.165) is 24.2 Å². The number of anilines is 1. The summed E-state index contributed by atoms with van der Waals surface area (Å²) in [5.41, 5.74) is 1.94. The van der Waals surface area contributed by atoms with E-state index >= 15 is 0 Å². The molecule has 1 aliphatic heterocycles. The molecule has 1 unspecified atom stereocenters. The van der Waals surface area contributed by atoms with E-state index in [0.29, 0.717) is 5.25 Å². The van der Waals surface area contributed by atoms with Gasteiger partial charge in [-0.05, 0) is 24.6 Å². The van der Waals surface area contributed by atoms with Gasteiger partial charge in [-0.3, -0.25) is 9.48 Å². The Bertz CT molecular complexity index is 707. The lowest BCUT2D eigenvalue weighted by atomic mass is 10.2. The van der Waals surface area contributed by atoms with Gasteiger partial charge in [-0.2, -0.15) is 5.10 Å². The minimum Gasteiger partial charge on any atom is -0.308 e. The predicted octanol–water partition coefficient (Wildman–Crippen LogP) is 3.35. The molecule has 1 aromatic carbocycles. The number of aromatic nitrogens is 2. The van der Waals surface area contributed by atoms with E-state index < -0.39 is 0 Å². The van der Waals surface area contributed by atoms with Gasteiger partial charge in [0.25, 0.3) is 5.91 Å². The average Bonchev–Trinajstić information content (AvgIpc) is 2.84. The van der Waals surface area contributed by atoms with E-state index in [1.807, 2.05) is 54.2 Å². The van der Waals surface area contributed by atoms with Crippen LogP contribution in [0.1, 0.15) is 18.9 Å². The summed E-state index contributed by atoms with van der Waals surface area (Å²) in [6.07, 6.45) is 8.08. The minimum atomic E-state index is 0.0194. The Balaban J connectivity index is 1.84. The van der Waals surface area contributed by atoms with Crippen LogP contribution in [-0.4, -0.2) is 27.5 Å². The number of aryl methyl sites for hydroxylation is 1. The number of nitrogens with zero attached hydrogens (tertiary/aromatic N) is 3. The van der Waals surface area contributed by atoms with Crippen LogP contribution in [0.3, 0.4) is 0 Å². The van der Waals surface area contributed by atoms with Crippen LogP contribution in [0.25, 0.3) is 6.08 Å². The molecule has 0 bridgehead atoms. The Morgan fingerprint density at radius 3 is 3.00 bits per heavy atom. The molecule has 2 heterocycles. The second kappa shape index (κ2) is 6.40. The molecule has 114 valence electrons. The highest BCUT2D eigenvalue weighted by molar-refractivity contribution is 8.00. The molecule has 0 saturated heterocycles. The number of rotatable bonds is 2. The maximum absolute atomic E-state index is 12.6. The number of hydrogen-bond donors (Lipinski definition) is 0. The van der Waals surface area contributed by atoms with Gasteiger partial charge in [0.1, 0.15) is 0 Å². The highest BCUT2D eigenvalue weighted by Gasteiger charge is 2.22. The van der Waals surface area contributed by atoms with Crippen LogP contribution in [0.2, 0.25) is 0 Å². The summed E-state index contributed by atoms with van der Waals surface area (Å²) < 4.78 is 1.73. The molecule has 1 aliphatic rings. The molecule has 0 radical (unpaired) electrons. The largest absolute Gasteiger partial charge is 0.308 e. The van der Waals surface area contributed by atoms with Crippen LogP contribution in [0, 0.1) is 0 Å². The zero-order valence-corrected chi connectivity index (χ0v) is 13.6. The van der Waals surface area contributed by atoms with E-state index in [-0.39, 0.29) is 5.91 Å². The first-order chi connectivity index (χ1) is 10.6. The van der Waals surface area contributed by atoms with Crippen molar-refractivity contribution in [1.82, 2.24) is 9.78 Å². The van der Waals surface area contributed by atoms with Crippen molar-refractivity contribution in [2.24, 2.45) is 7.05 Å². The summed E-state index contributed by atoms with van der Waals surface area (Å²) in [6.45, 7) is 2.96. The summed E-state index contributed by atoms with van der Waals surface area (Å²) in [5.74, 6) is 0.0194. The molecule has 1 amide bonds. The van der Waals surface area contributed by atoms with Crippen molar-refractivity contribution in [2.45, 2.75) is 23.5 Å². The zero-order valence-electron chi connectivity index (χ0n) is 12.8. The van der Waals surface area contributed by atoms with Crippen LogP contribution in [0.4, 0.5) is 5.69 Å². The molecule has 0 aliphatic carbocycles. The number of hydrogen-bond acceptors (Lipinski definition) is 3. The van der Waals surface area contributed by atoms with Gasteiger partial charge in [-0.25, -0.2) is 0 Å². The lowest BCUT2D eigenvalue weighted by Crippen LogP contribution is -2.30. The molecule has 4 nitrogen and oxygen atoms in total. The van der Waals surface area contributed by atoms with Gasteiger partial charge in [0.15, 0.2) is 0 Å². The Morgan fingerprint density at radius 2 is 2.23 bits per heavy atom. The van der Waals surface area contributed by atoms with E-state index in [1.54, 1.807) is 17.0 Å². The van der Waals surface area contributed by atoms with Crippen molar-refractivity contribution < 1.29 is 4.79 Å². The predicted molar refractivity (Wildman–Crippen MR) is 91.0 cm³/mol. The first kappa shape index (κ1) is 14.9. The molecule has 1 aromatic heterocycles. The molecule has 5 heteroatoms. The van der Waals surface area contributed by atoms with Crippen LogP contribution < -0.4 is 4.90 Å². The molecule has 3 rings (SSSR count). The van der Waals surface area contributed by atoms with Crippen molar-refractivity contribution in [3.8, 4) is 0 Å². The molecule has 0 spiro atoms. The van der Waals surface area contributed by atoms with Crippen molar-refractivity contribution in [1.29, 1.82) is 0 Å². The number of fused-ring (bicyclic) bond motifs is 1. The Hall–Kier alpha value is -2.01. The van der Waals surface area contributed by atoms with Gasteiger partial charge in [-0.1, -0.05) is 19.1 Å². The average molecular weight is 313 g/mol. The Labute approximate surface area is 134 Å². The lowest BCUT2D eigenvalue weighted by molar-refractivity contribution is -0.114. The number of benzene rings is 1. The third kappa shape index (κ3) is 3.25. The maximum Gasteiger partial charge on any atom is 0.251 e. The fourth-order valence-corrected chi connectivity index (χ4v) is 3.61. The molecule has 1 atom stereocenters. The number of carbonyl (C=O) groups is 1. The van der Waals surface area contributed by atoms with Crippen LogP contribution in [0.5, 0.6) is 0 Å². The summed E-state index contributed by atoms with van der Waals surface area (Å²) in [6, 6.07) is 8.13. The second-order valence-corrected chi connectivity index (χ2v) is 6.94. The summed E-state index contributed by atoms with van der Waals surface area (Å²) in [7, 11) is 1.86. The van der Waals surface area contributed by atoms with Gasteiger partial charge in [0.05, 0.1) is 11.9 Å². The van der Waals surface area contributed by atoms with Crippen molar-refractivity contribution in [2.75, 3.05) is 11.4 Å². The number of amides is 1. The normalized spacial score (nSPS) is 18.3. The lowest BCUT2D eigenvalue weighted by Gasteiger charge is -2.20. The standard InChI is InChI=1S/C17H19N3OS/c1-13-9-10-20(15-5-3-4-6-16(15)22-13)17(21)8-7-14-11-18-19(2)12-14/h3-8,11-13H,9-10H2,1-2H3. The summed E-state index contributed by atoms with van der Waals surface area (Å²) >= 11 is 1.84. The highest BCUT2D eigenvalue weighted by Crippen LogP contribution is 2.37. The van der Waals surface area contributed by atoms with Crippen molar-refractivity contribution >= 4 is 29.4 Å². The third-order valence-corrected chi connectivity index (χ3v) is 4.89. The van der Waals surface area contributed by atoms with E-state index in [9.17, 15) is 4.79 Å². The molecule has 0 N–H and O–H groups in total. The first-order valence-electron chi connectivity index (χ1n) is 7.37. The van der Waals surface area contributed by atoms with E-state index in [2.05, 4.69) is 18.1 Å². The maximum atomic E-state index is 12.6. The molecule has 0 fully saturated rings. The van der Waals surface area contributed by atoms with E-state index in [4.69, 9.17) is 0 Å². The Kier molecular flexibility index (Phi) is 4.34. The fourth-order valence-electron chi connectivity index (χ4n) is 2.50. The number of thioether (sulfide) groups is 1. The molecular weight excluding hydrogens is 294 g/mol. The zero-order chi connectivity index (χ0) is 15.5.